The van der Waals surface area contributed by atoms with E-state index in [1.165, 1.54) is 17.7 Å². The van der Waals surface area contributed by atoms with E-state index in [0.717, 1.165) is 6.42 Å². The Balaban J connectivity index is 1.68. The molecule has 0 unspecified atom stereocenters. The fraction of sp³-hybridized carbons (Fsp3) is 0.200. The van der Waals surface area contributed by atoms with Crippen LogP contribution in [0.4, 0.5) is 10.2 Å². The summed E-state index contributed by atoms with van der Waals surface area (Å²) >= 11 is 0. The standard InChI is InChI=1S/C15H16FN3O/c16-13-7-4-8-14(19-13)18-11-15(20)17-10-9-12-5-2-1-3-6-12/h1-8H,9-11H2,(H,17,20)(H,18,19). The van der Waals surface area contributed by atoms with Crippen molar-refractivity contribution in [2.24, 2.45) is 0 Å². The maximum atomic E-state index is 12.8. The Morgan fingerprint density at radius 2 is 1.90 bits per heavy atom. The van der Waals surface area contributed by atoms with Crippen LogP contribution in [0, 0.1) is 5.95 Å². The highest BCUT2D eigenvalue weighted by atomic mass is 19.1. The molecule has 0 aliphatic heterocycles. The second-order valence-corrected chi connectivity index (χ2v) is 4.28. The SMILES string of the molecule is O=C(CNc1cccc(F)n1)NCCc1ccccc1. The Morgan fingerprint density at radius 3 is 2.65 bits per heavy atom. The molecule has 1 aromatic carbocycles. The number of carbonyl (C=O) groups is 1. The molecule has 0 radical (unpaired) electrons. The summed E-state index contributed by atoms with van der Waals surface area (Å²) in [7, 11) is 0. The molecule has 2 N–H and O–H groups in total. The van der Waals surface area contributed by atoms with Crippen LogP contribution >= 0.6 is 0 Å². The number of aromatic nitrogens is 1. The predicted molar refractivity (Wildman–Crippen MR) is 75.8 cm³/mol. The van der Waals surface area contributed by atoms with Crippen molar-refractivity contribution in [2.45, 2.75) is 6.42 Å². The van der Waals surface area contributed by atoms with Crippen LogP contribution in [0.3, 0.4) is 0 Å². The Morgan fingerprint density at radius 1 is 1.10 bits per heavy atom. The summed E-state index contributed by atoms with van der Waals surface area (Å²) in [4.78, 5) is 15.2. The van der Waals surface area contributed by atoms with Gasteiger partial charge in [-0.15, -0.1) is 0 Å². The molecule has 5 heteroatoms. The first kappa shape index (κ1) is 14.0. The molecule has 0 spiro atoms. The maximum absolute atomic E-state index is 12.8. The first-order valence-electron chi connectivity index (χ1n) is 6.41. The number of benzene rings is 1. The molecule has 1 heterocycles. The van der Waals surface area contributed by atoms with Crippen LogP contribution in [0.15, 0.2) is 48.5 Å². The van der Waals surface area contributed by atoms with E-state index in [2.05, 4.69) is 15.6 Å². The van der Waals surface area contributed by atoms with Crippen LogP contribution in [-0.4, -0.2) is 24.0 Å². The molecule has 4 nitrogen and oxygen atoms in total. The number of hydrogen-bond acceptors (Lipinski definition) is 3. The summed E-state index contributed by atoms with van der Waals surface area (Å²) in [5.74, 6) is -0.366. The summed E-state index contributed by atoms with van der Waals surface area (Å²) in [5, 5.41) is 5.56. The minimum Gasteiger partial charge on any atom is -0.361 e. The highest BCUT2D eigenvalue weighted by Gasteiger charge is 2.02. The maximum Gasteiger partial charge on any atom is 0.239 e. The van der Waals surface area contributed by atoms with Crippen LogP contribution in [0.1, 0.15) is 5.56 Å². The Labute approximate surface area is 117 Å². The molecule has 1 aromatic heterocycles. The predicted octanol–water partition coefficient (Wildman–Crippen LogP) is 1.99. The van der Waals surface area contributed by atoms with E-state index in [9.17, 15) is 9.18 Å². The number of halogens is 1. The normalized spacial score (nSPS) is 10.1. The lowest BCUT2D eigenvalue weighted by Gasteiger charge is -2.07. The Hall–Kier alpha value is -2.43. The molecule has 2 aromatic rings. The third kappa shape index (κ3) is 4.68. The minimum atomic E-state index is -0.570. The van der Waals surface area contributed by atoms with Crippen molar-refractivity contribution in [3.05, 3.63) is 60.0 Å². The molecule has 1 amide bonds. The lowest BCUT2D eigenvalue weighted by molar-refractivity contribution is -0.119. The first-order chi connectivity index (χ1) is 9.74. The van der Waals surface area contributed by atoms with Gasteiger partial charge in [0.05, 0.1) is 6.54 Å². The minimum absolute atomic E-state index is 0.0746. The van der Waals surface area contributed by atoms with E-state index >= 15 is 0 Å². The van der Waals surface area contributed by atoms with Crippen molar-refractivity contribution in [1.29, 1.82) is 0 Å². The van der Waals surface area contributed by atoms with Gasteiger partial charge in [0.15, 0.2) is 0 Å². The van der Waals surface area contributed by atoms with Gasteiger partial charge in [0.25, 0.3) is 0 Å². The molecule has 0 aliphatic rings. The number of nitrogens with one attached hydrogen (secondary N) is 2. The van der Waals surface area contributed by atoms with Crippen molar-refractivity contribution in [3.63, 3.8) is 0 Å². The quantitative estimate of drug-likeness (QED) is 0.791. The zero-order valence-corrected chi connectivity index (χ0v) is 11.0. The van der Waals surface area contributed by atoms with Gasteiger partial charge in [0.1, 0.15) is 5.82 Å². The van der Waals surface area contributed by atoms with Crippen molar-refractivity contribution in [2.75, 3.05) is 18.4 Å². The Bertz CT molecular complexity index is 560. The molecule has 0 saturated carbocycles. The third-order valence-electron chi connectivity index (χ3n) is 2.72. The molecule has 20 heavy (non-hydrogen) atoms. The van der Waals surface area contributed by atoms with Crippen LogP contribution in [0.25, 0.3) is 0 Å². The number of rotatable bonds is 6. The van der Waals surface area contributed by atoms with Crippen molar-refractivity contribution in [1.82, 2.24) is 10.3 Å². The number of hydrogen-bond donors (Lipinski definition) is 2. The average Bonchev–Trinajstić information content (AvgIpc) is 2.46. The number of anilines is 1. The number of amides is 1. The fourth-order valence-corrected chi connectivity index (χ4v) is 1.73. The summed E-state index contributed by atoms with van der Waals surface area (Å²) in [6.45, 7) is 0.645. The van der Waals surface area contributed by atoms with Crippen LogP contribution in [-0.2, 0) is 11.2 Å². The highest BCUT2D eigenvalue weighted by molar-refractivity contribution is 5.80. The number of carbonyl (C=O) groups excluding carboxylic acids is 1. The van der Waals surface area contributed by atoms with Crippen LogP contribution in [0.5, 0.6) is 0 Å². The summed E-state index contributed by atoms with van der Waals surface area (Å²) in [6, 6.07) is 14.3. The molecular weight excluding hydrogens is 257 g/mol. The number of nitrogens with zero attached hydrogens (tertiary/aromatic N) is 1. The zero-order chi connectivity index (χ0) is 14.2. The second kappa shape index (κ2) is 7.23. The van der Waals surface area contributed by atoms with E-state index in [-0.39, 0.29) is 12.5 Å². The summed E-state index contributed by atoms with van der Waals surface area (Å²) in [5.41, 5.74) is 1.17. The second-order valence-electron chi connectivity index (χ2n) is 4.28. The largest absolute Gasteiger partial charge is 0.361 e. The van der Waals surface area contributed by atoms with Gasteiger partial charge in [0.2, 0.25) is 11.9 Å². The van der Waals surface area contributed by atoms with Crippen LogP contribution in [0.2, 0.25) is 0 Å². The Kier molecular flexibility index (Phi) is 5.06. The molecular formula is C15H16FN3O. The fourth-order valence-electron chi connectivity index (χ4n) is 1.73. The summed E-state index contributed by atoms with van der Waals surface area (Å²) < 4.78 is 12.8. The van der Waals surface area contributed by atoms with E-state index < -0.39 is 5.95 Å². The van der Waals surface area contributed by atoms with Gasteiger partial charge in [0, 0.05) is 6.54 Å². The van der Waals surface area contributed by atoms with Gasteiger partial charge in [-0.25, -0.2) is 4.98 Å². The van der Waals surface area contributed by atoms with Crippen molar-refractivity contribution >= 4 is 11.7 Å². The van der Waals surface area contributed by atoms with Crippen molar-refractivity contribution < 1.29 is 9.18 Å². The van der Waals surface area contributed by atoms with Gasteiger partial charge in [-0.3, -0.25) is 4.79 Å². The lowest BCUT2D eigenvalue weighted by atomic mass is 10.1. The monoisotopic (exact) mass is 273 g/mol. The van der Waals surface area contributed by atoms with E-state index in [1.807, 2.05) is 30.3 Å². The molecule has 0 saturated heterocycles. The van der Waals surface area contributed by atoms with Gasteiger partial charge < -0.3 is 10.6 Å². The molecule has 104 valence electrons. The zero-order valence-electron chi connectivity index (χ0n) is 11.0. The third-order valence-corrected chi connectivity index (χ3v) is 2.72. The molecule has 0 aliphatic carbocycles. The number of pyridine rings is 1. The first-order valence-corrected chi connectivity index (χ1v) is 6.41. The van der Waals surface area contributed by atoms with E-state index in [4.69, 9.17) is 0 Å². The van der Waals surface area contributed by atoms with Crippen molar-refractivity contribution in [3.8, 4) is 0 Å². The smallest absolute Gasteiger partial charge is 0.239 e. The van der Waals surface area contributed by atoms with Gasteiger partial charge in [-0.2, -0.15) is 4.39 Å². The van der Waals surface area contributed by atoms with Gasteiger partial charge in [-0.1, -0.05) is 36.4 Å². The van der Waals surface area contributed by atoms with Gasteiger partial charge >= 0.3 is 0 Å². The molecule has 2 rings (SSSR count). The van der Waals surface area contributed by atoms with Gasteiger partial charge in [-0.05, 0) is 24.1 Å². The molecule has 0 atom stereocenters. The topological polar surface area (TPSA) is 54.0 Å². The molecule has 0 fully saturated rings. The van der Waals surface area contributed by atoms with E-state index in [1.54, 1.807) is 6.07 Å². The summed E-state index contributed by atoms with van der Waals surface area (Å²) in [6.07, 6.45) is 0.783. The average molecular weight is 273 g/mol. The molecule has 0 bridgehead atoms. The van der Waals surface area contributed by atoms with Crippen LogP contribution < -0.4 is 10.6 Å². The highest BCUT2D eigenvalue weighted by Crippen LogP contribution is 2.02. The van der Waals surface area contributed by atoms with E-state index in [0.29, 0.717) is 12.4 Å². The lowest BCUT2D eigenvalue weighted by Crippen LogP contribution is -2.31.